The van der Waals surface area contributed by atoms with Gasteiger partial charge < -0.3 is 14.2 Å². The van der Waals surface area contributed by atoms with Crippen LogP contribution in [0.5, 0.6) is 35.3 Å². The van der Waals surface area contributed by atoms with Crippen molar-refractivity contribution in [3.05, 3.63) is 85.5 Å². The number of rotatable bonds is 6. The lowest BCUT2D eigenvalue weighted by atomic mass is 10.2. The summed E-state index contributed by atoms with van der Waals surface area (Å²) in [4.78, 5) is 12.8. The monoisotopic (exact) mass is 633 g/mol. The average molecular weight is 633 g/mol. The lowest BCUT2D eigenvalue weighted by Gasteiger charge is -2.10. The molecule has 0 N–H and O–H groups in total. The normalized spacial score (nSPS) is 10.2. The molecule has 31 heavy (non-hydrogen) atoms. The second kappa shape index (κ2) is 9.93. The van der Waals surface area contributed by atoms with Gasteiger partial charge in [-0.15, -0.1) is 21.4 Å². The van der Waals surface area contributed by atoms with Crippen LogP contribution in [0.25, 0.3) is 0 Å². The van der Waals surface area contributed by atoms with E-state index in [2.05, 4.69) is 66.1 Å². The van der Waals surface area contributed by atoms with Gasteiger partial charge in [0.25, 0.3) is 0 Å². The summed E-state index contributed by atoms with van der Waals surface area (Å²) in [6, 6.07) is 22.1. The van der Waals surface area contributed by atoms with E-state index in [1.165, 1.54) is 0 Å². The Bertz CT molecular complexity index is 1170. The Hall–Kier alpha value is -2.91. The molecule has 1 aromatic heterocycles. The summed E-state index contributed by atoms with van der Waals surface area (Å²) in [5.41, 5.74) is 0.678. The first kappa shape index (κ1) is 21.3. The Balaban J connectivity index is 1.65. The van der Waals surface area contributed by atoms with Gasteiger partial charge in [-0.05, 0) is 112 Å². The van der Waals surface area contributed by atoms with Crippen molar-refractivity contribution < 1.29 is 14.2 Å². The van der Waals surface area contributed by atoms with Gasteiger partial charge in [0.2, 0.25) is 0 Å². The molecule has 8 heteroatoms. The fourth-order valence-electron chi connectivity index (χ4n) is 2.43. The highest BCUT2D eigenvalue weighted by molar-refractivity contribution is 14.1. The zero-order chi connectivity index (χ0) is 21.6. The topological polar surface area (TPSA) is 66.4 Å². The number of aromatic nitrogens is 3. The molecule has 0 aliphatic heterocycles. The minimum atomic E-state index is 0.0187. The second-order valence-corrected chi connectivity index (χ2v) is 8.56. The van der Waals surface area contributed by atoms with Crippen LogP contribution < -0.4 is 14.2 Å². The summed E-state index contributed by atoms with van der Waals surface area (Å²) in [6.45, 7) is 0. The van der Waals surface area contributed by atoms with Crippen molar-refractivity contribution in [3.63, 3.8) is 0 Å². The molecule has 4 aromatic rings. The highest BCUT2D eigenvalue weighted by Crippen LogP contribution is 2.27. The number of nitrogens with zero attached hydrogens (tertiary/aromatic N) is 3. The predicted molar refractivity (Wildman–Crippen MR) is 133 cm³/mol. The van der Waals surface area contributed by atoms with Gasteiger partial charge >= 0.3 is 18.0 Å². The third-order valence-electron chi connectivity index (χ3n) is 3.83. The smallest absolute Gasteiger partial charge is 0.331 e. The van der Waals surface area contributed by atoms with Gasteiger partial charge in [0, 0.05) is 12.7 Å². The first-order chi connectivity index (χ1) is 15.1. The molecule has 152 valence electrons. The summed E-state index contributed by atoms with van der Waals surface area (Å²) in [6.07, 6.45) is 5.47. The van der Waals surface area contributed by atoms with Gasteiger partial charge in [0.15, 0.2) is 0 Å². The molecular formula is C23H13I2N3O3. The maximum atomic E-state index is 5.80. The average Bonchev–Trinajstić information content (AvgIpc) is 2.77. The molecule has 0 fully saturated rings. The van der Waals surface area contributed by atoms with Gasteiger partial charge in [-0.3, -0.25) is 0 Å². The molecule has 0 radical (unpaired) electrons. The molecular weight excluding hydrogens is 620 g/mol. The predicted octanol–water partition coefficient (Wildman–Crippen LogP) is 6.44. The van der Waals surface area contributed by atoms with Crippen molar-refractivity contribution in [2.45, 2.75) is 0 Å². The van der Waals surface area contributed by atoms with E-state index >= 15 is 0 Å². The number of hydrogen-bond acceptors (Lipinski definition) is 6. The number of benzene rings is 3. The van der Waals surface area contributed by atoms with Crippen molar-refractivity contribution in [2.24, 2.45) is 0 Å². The van der Waals surface area contributed by atoms with Crippen molar-refractivity contribution in [3.8, 4) is 47.6 Å². The maximum Gasteiger partial charge on any atom is 0.331 e. The summed E-state index contributed by atoms with van der Waals surface area (Å²) < 4.78 is 19.6. The zero-order valence-electron chi connectivity index (χ0n) is 15.8. The summed E-state index contributed by atoms with van der Waals surface area (Å²) in [7, 11) is 0. The molecule has 1 heterocycles. The number of terminal acetylenes is 1. The molecule has 3 aromatic carbocycles. The van der Waals surface area contributed by atoms with Crippen molar-refractivity contribution in [1.82, 2.24) is 15.0 Å². The molecule has 0 aliphatic rings. The van der Waals surface area contributed by atoms with Gasteiger partial charge in [-0.25, -0.2) is 0 Å². The number of ether oxygens (including phenoxy) is 3. The molecule has 0 aliphatic carbocycles. The maximum absolute atomic E-state index is 5.80. The Morgan fingerprint density at radius 3 is 1.52 bits per heavy atom. The molecule has 0 saturated carbocycles. The molecule has 6 nitrogen and oxygen atoms in total. The molecule has 0 saturated heterocycles. The summed E-state index contributed by atoms with van der Waals surface area (Å²) in [5.74, 6) is 4.21. The van der Waals surface area contributed by atoms with E-state index < -0.39 is 0 Å². The Morgan fingerprint density at radius 2 is 1.06 bits per heavy atom. The third-order valence-corrected chi connectivity index (χ3v) is 5.27. The number of hydrogen-bond donors (Lipinski definition) is 0. The van der Waals surface area contributed by atoms with Crippen molar-refractivity contribution in [2.75, 3.05) is 0 Å². The van der Waals surface area contributed by atoms with Gasteiger partial charge in [0.05, 0.1) is 0 Å². The Labute approximate surface area is 206 Å². The van der Waals surface area contributed by atoms with Crippen LogP contribution in [0.1, 0.15) is 5.56 Å². The van der Waals surface area contributed by atoms with E-state index in [1.54, 1.807) is 24.3 Å². The molecule has 4 rings (SSSR count). The third kappa shape index (κ3) is 6.05. The first-order valence-electron chi connectivity index (χ1n) is 8.95. The van der Waals surface area contributed by atoms with Crippen LogP contribution in [-0.4, -0.2) is 15.0 Å². The van der Waals surface area contributed by atoms with Crippen molar-refractivity contribution >= 4 is 45.2 Å². The largest absolute Gasteiger partial charge is 0.424 e. The van der Waals surface area contributed by atoms with Crippen LogP contribution in [0, 0.1) is 19.5 Å². The van der Waals surface area contributed by atoms with Crippen LogP contribution >= 0.6 is 45.2 Å². The lowest BCUT2D eigenvalue weighted by molar-refractivity contribution is 0.362. The van der Waals surface area contributed by atoms with Crippen LogP contribution in [0.4, 0.5) is 0 Å². The van der Waals surface area contributed by atoms with Gasteiger partial charge in [-0.1, -0.05) is 12.0 Å². The van der Waals surface area contributed by atoms with E-state index in [0.29, 0.717) is 22.8 Å². The highest BCUT2D eigenvalue weighted by Gasteiger charge is 2.13. The first-order valence-corrected chi connectivity index (χ1v) is 11.1. The van der Waals surface area contributed by atoms with E-state index in [-0.39, 0.29) is 18.0 Å². The minimum Gasteiger partial charge on any atom is -0.424 e. The Morgan fingerprint density at radius 1 is 0.613 bits per heavy atom. The van der Waals surface area contributed by atoms with Crippen LogP contribution in [-0.2, 0) is 0 Å². The second-order valence-electron chi connectivity index (χ2n) is 6.07. The van der Waals surface area contributed by atoms with E-state index in [9.17, 15) is 0 Å². The molecule has 0 spiro atoms. The van der Waals surface area contributed by atoms with Crippen LogP contribution in [0.15, 0.2) is 72.8 Å². The number of halogens is 2. The lowest BCUT2D eigenvalue weighted by Crippen LogP contribution is -2.01. The quantitative estimate of drug-likeness (QED) is 0.180. The Kier molecular flexibility index (Phi) is 6.83. The van der Waals surface area contributed by atoms with Crippen molar-refractivity contribution in [1.29, 1.82) is 0 Å². The summed E-state index contributed by atoms with van der Waals surface area (Å²) >= 11 is 4.44. The zero-order valence-corrected chi connectivity index (χ0v) is 20.1. The standard InChI is InChI=1S/C23H13I2N3O3/c1-2-15-4-3-5-20(14-15)31-23-27-21(29-18-10-6-16(24)7-11-18)26-22(28-23)30-19-12-8-17(25)9-13-19/h1,3-14H. The van der Waals surface area contributed by atoms with E-state index in [4.69, 9.17) is 20.6 Å². The van der Waals surface area contributed by atoms with E-state index in [1.807, 2.05) is 48.5 Å². The fraction of sp³-hybridized carbons (Fsp3) is 0. The van der Waals surface area contributed by atoms with Gasteiger partial charge in [0.1, 0.15) is 17.2 Å². The highest BCUT2D eigenvalue weighted by atomic mass is 127. The van der Waals surface area contributed by atoms with Gasteiger partial charge in [-0.2, -0.15) is 0 Å². The minimum absolute atomic E-state index is 0.0187. The van der Waals surface area contributed by atoms with Crippen LogP contribution in [0.2, 0.25) is 0 Å². The summed E-state index contributed by atoms with van der Waals surface area (Å²) in [5, 5.41) is 0. The molecule has 0 amide bonds. The molecule has 0 atom stereocenters. The van der Waals surface area contributed by atoms with E-state index in [0.717, 1.165) is 7.14 Å². The molecule has 0 bridgehead atoms. The molecule has 0 unspecified atom stereocenters. The van der Waals surface area contributed by atoms with Crippen LogP contribution in [0.3, 0.4) is 0 Å². The SMILES string of the molecule is C#Cc1cccc(Oc2nc(Oc3ccc(I)cc3)nc(Oc3ccc(I)cc3)n2)c1. The fourth-order valence-corrected chi connectivity index (χ4v) is 3.15.